The fourth-order valence-corrected chi connectivity index (χ4v) is 7.35. The van der Waals surface area contributed by atoms with Gasteiger partial charge in [-0.3, -0.25) is 19.7 Å². The largest absolute Gasteiger partial charge is 0.480 e. The highest BCUT2D eigenvalue weighted by molar-refractivity contribution is 6.03. The Hall–Kier alpha value is -5.20. The zero-order chi connectivity index (χ0) is 35.9. The molecule has 3 aliphatic heterocycles. The van der Waals surface area contributed by atoms with Crippen LogP contribution in [-0.2, 0) is 4.79 Å². The van der Waals surface area contributed by atoms with Gasteiger partial charge >= 0.3 is 18.1 Å². The zero-order valence-electron chi connectivity index (χ0n) is 27.8. The maximum atomic E-state index is 17.1. The number of pyridine rings is 1. The lowest BCUT2D eigenvalue weighted by Crippen LogP contribution is -2.43. The molecule has 0 saturated carbocycles. The van der Waals surface area contributed by atoms with E-state index in [1.165, 1.54) is 31.3 Å². The number of alkyl halides is 1. The van der Waals surface area contributed by atoms with E-state index in [4.69, 9.17) is 20.9 Å². The lowest BCUT2D eigenvalue weighted by Gasteiger charge is -2.31. The Bertz CT molecular complexity index is 2070. The van der Waals surface area contributed by atoms with Gasteiger partial charge in [0.05, 0.1) is 16.5 Å². The van der Waals surface area contributed by atoms with E-state index >= 15 is 8.78 Å². The van der Waals surface area contributed by atoms with Crippen LogP contribution >= 0.6 is 0 Å². The van der Waals surface area contributed by atoms with Gasteiger partial charge in [0.25, 0.3) is 0 Å². The molecule has 2 aromatic carbocycles. The fraction of sp³-hybridized carbons (Fsp3) is 0.417. The third-order valence-corrected chi connectivity index (χ3v) is 9.85. The van der Waals surface area contributed by atoms with Gasteiger partial charge in [-0.2, -0.15) is 9.97 Å². The number of amides is 1. The maximum Gasteiger partial charge on any atom is 0.413 e. The number of terminal acetylenes is 1. The molecule has 12 nitrogen and oxygen atoms in total. The van der Waals surface area contributed by atoms with Crippen molar-refractivity contribution in [2.24, 2.45) is 0 Å². The summed E-state index contributed by atoms with van der Waals surface area (Å²) >= 11 is 0. The monoisotopic (exact) mass is 703 g/mol. The van der Waals surface area contributed by atoms with Crippen molar-refractivity contribution in [3.63, 3.8) is 0 Å². The normalized spacial score (nSPS) is 21.2. The summed E-state index contributed by atoms with van der Waals surface area (Å²) in [6.07, 6.45) is 9.89. The first kappa shape index (κ1) is 34.3. The van der Waals surface area contributed by atoms with Crippen LogP contribution in [0.4, 0.5) is 23.8 Å². The number of halogens is 3. The number of aliphatic carboxylic acids is 1. The molecule has 15 heteroatoms. The molecule has 51 heavy (non-hydrogen) atoms. The molecule has 3 saturated heterocycles. The highest BCUT2D eigenvalue weighted by Crippen LogP contribution is 2.42. The van der Waals surface area contributed by atoms with Crippen LogP contribution in [0.1, 0.15) is 51.0 Å². The minimum atomic E-state index is -1.28. The standard InChI is InChI=1S/C36H36F3N7O5/c1-3-24-27(38)9-8-21-14-23(51-35(49)42-20(2)33(47)48)15-25(28(21)24)30-29(39)31-26(17-40-30)32(46-13-6-4-5-11-41-46)44-34(43-31)50-19-36-10-7-12-45(36)18-22(37)16-36/h1,8-9,14-15,17,20,22,41H,4-7,10-13,16,18-19H2,2H3,(H,42,49)(H,47,48)/t20-,22+,36-/m0/s1. The summed E-state index contributed by atoms with van der Waals surface area (Å²) in [5.74, 6) is -0.321. The summed E-state index contributed by atoms with van der Waals surface area (Å²) in [5.41, 5.74) is 2.28. The van der Waals surface area contributed by atoms with Crippen molar-refractivity contribution in [1.82, 2.24) is 30.6 Å². The predicted octanol–water partition coefficient (Wildman–Crippen LogP) is 5.12. The van der Waals surface area contributed by atoms with Gasteiger partial charge in [-0.15, -0.1) is 6.42 Å². The smallest absolute Gasteiger partial charge is 0.413 e. The molecule has 0 radical (unpaired) electrons. The van der Waals surface area contributed by atoms with Crippen LogP contribution < -0.4 is 25.2 Å². The second-order valence-electron chi connectivity index (χ2n) is 13.2. The Labute approximate surface area is 291 Å². The van der Waals surface area contributed by atoms with Gasteiger partial charge in [0.1, 0.15) is 41.6 Å². The number of carboxylic acids is 1. The van der Waals surface area contributed by atoms with Crippen LogP contribution in [0.15, 0.2) is 30.5 Å². The minimum absolute atomic E-state index is 0.00407. The number of carbonyl (C=O) groups excluding carboxylic acids is 1. The molecule has 0 aliphatic carbocycles. The van der Waals surface area contributed by atoms with Crippen molar-refractivity contribution >= 4 is 39.6 Å². The quantitative estimate of drug-likeness (QED) is 0.211. The second-order valence-corrected chi connectivity index (χ2v) is 13.2. The second kappa shape index (κ2) is 13.8. The van der Waals surface area contributed by atoms with Crippen molar-refractivity contribution in [3.8, 4) is 35.4 Å². The lowest BCUT2D eigenvalue weighted by atomic mass is 9.95. The lowest BCUT2D eigenvalue weighted by molar-refractivity contribution is -0.138. The zero-order valence-corrected chi connectivity index (χ0v) is 27.8. The Balaban J connectivity index is 1.36. The highest BCUT2D eigenvalue weighted by atomic mass is 19.1. The van der Waals surface area contributed by atoms with Gasteiger partial charge in [0.2, 0.25) is 0 Å². The molecule has 1 amide bonds. The third kappa shape index (κ3) is 6.57. The summed E-state index contributed by atoms with van der Waals surface area (Å²) in [4.78, 5) is 39.6. The number of ether oxygens (including phenoxy) is 2. The Morgan fingerprint density at radius 1 is 1.20 bits per heavy atom. The molecule has 3 fully saturated rings. The maximum absolute atomic E-state index is 17.1. The Kier molecular flexibility index (Phi) is 9.30. The molecule has 0 bridgehead atoms. The topological polar surface area (TPSA) is 142 Å². The van der Waals surface area contributed by atoms with Crippen LogP contribution in [0.3, 0.4) is 0 Å². The molecular formula is C36H36F3N7O5. The molecule has 3 atom stereocenters. The van der Waals surface area contributed by atoms with Gasteiger partial charge in [-0.25, -0.2) is 23.4 Å². The number of hydrogen-bond donors (Lipinski definition) is 3. The van der Waals surface area contributed by atoms with E-state index in [0.29, 0.717) is 37.3 Å². The molecule has 3 N–H and O–H groups in total. The van der Waals surface area contributed by atoms with Crippen molar-refractivity contribution in [2.75, 3.05) is 37.8 Å². The molecular weight excluding hydrogens is 667 g/mol. The molecule has 0 spiro atoms. The van der Waals surface area contributed by atoms with Crippen LogP contribution in [0, 0.1) is 24.0 Å². The summed E-state index contributed by atoms with van der Waals surface area (Å²) in [6, 6.07) is 3.86. The van der Waals surface area contributed by atoms with Crippen molar-refractivity contribution < 1.29 is 37.3 Å². The Morgan fingerprint density at radius 3 is 2.84 bits per heavy atom. The van der Waals surface area contributed by atoms with E-state index in [1.54, 1.807) is 0 Å². The predicted molar refractivity (Wildman–Crippen MR) is 182 cm³/mol. The molecule has 3 aliphatic rings. The summed E-state index contributed by atoms with van der Waals surface area (Å²) in [5, 5.41) is 13.9. The number of carbonyl (C=O) groups is 2. The molecule has 0 unspecified atom stereocenters. The van der Waals surface area contributed by atoms with Crippen LogP contribution in [0.2, 0.25) is 0 Å². The van der Waals surface area contributed by atoms with Crippen LogP contribution in [0.5, 0.6) is 11.8 Å². The summed E-state index contributed by atoms with van der Waals surface area (Å²) < 4.78 is 58.2. The number of carboxylic acid groups (broad SMARTS) is 1. The van der Waals surface area contributed by atoms with E-state index in [2.05, 4.69) is 31.5 Å². The van der Waals surface area contributed by atoms with Crippen molar-refractivity contribution in [1.29, 1.82) is 0 Å². The average Bonchev–Trinajstić information content (AvgIpc) is 3.48. The number of hydrazine groups is 1. The van der Waals surface area contributed by atoms with Crippen LogP contribution in [0.25, 0.3) is 32.9 Å². The number of anilines is 1. The number of benzene rings is 2. The number of fused-ring (bicyclic) bond motifs is 3. The van der Waals surface area contributed by atoms with E-state index in [0.717, 1.165) is 44.7 Å². The number of rotatable bonds is 8. The molecule has 7 rings (SSSR count). The minimum Gasteiger partial charge on any atom is -0.480 e. The van der Waals surface area contributed by atoms with Gasteiger partial charge < -0.3 is 19.9 Å². The van der Waals surface area contributed by atoms with Gasteiger partial charge in [-0.1, -0.05) is 18.4 Å². The SMILES string of the molecule is C#Cc1c(F)ccc2cc(OC(=O)N[C@@H](C)C(=O)O)cc(-c3ncc4c(N5CCCCCN5)nc(OC[C@@]56CCCN5C[C@H](F)C6)nc4c3F)c12. The highest BCUT2D eigenvalue weighted by Gasteiger charge is 2.49. The third-order valence-electron chi connectivity index (χ3n) is 9.85. The molecule has 266 valence electrons. The molecule has 4 aromatic rings. The van der Waals surface area contributed by atoms with Crippen molar-refractivity contribution in [2.45, 2.75) is 63.2 Å². The molecule has 2 aromatic heterocycles. The number of hydrogen-bond acceptors (Lipinski definition) is 10. The first-order valence-corrected chi connectivity index (χ1v) is 16.9. The van der Waals surface area contributed by atoms with Gasteiger partial charge in [0.15, 0.2) is 11.6 Å². The Morgan fingerprint density at radius 2 is 2.04 bits per heavy atom. The first-order chi connectivity index (χ1) is 24.6. The van der Waals surface area contributed by atoms with Gasteiger partial charge in [-0.05, 0) is 62.7 Å². The van der Waals surface area contributed by atoms with Gasteiger partial charge in [0, 0.05) is 43.2 Å². The fourth-order valence-electron chi connectivity index (χ4n) is 7.35. The number of aromatic nitrogens is 3. The number of nitrogens with zero attached hydrogens (tertiary/aromatic N) is 5. The van der Waals surface area contributed by atoms with E-state index in [9.17, 15) is 19.1 Å². The van der Waals surface area contributed by atoms with E-state index < -0.39 is 41.4 Å². The molecule has 5 heterocycles. The van der Waals surface area contributed by atoms with Crippen molar-refractivity contribution in [3.05, 3.63) is 47.7 Å². The van der Waals surface area contributed by atoms with E-state index in [-0.39, 0.29) is 51.5 Å². The average molecular weight is 704 g/mol. The first-order valence-electron chi connectivity index (χ1n) is 16.9. The van der Waals surface area contributed by atoms with Crippen LogP contribution in [-0.4, -0.2) is 87.6 Å². The summed E-state index contributed by atoms with van der Waals surface area (Å²) in [7, 11) is 0. The summed E-state index contributed by atoms with van der Waals surface area (Å²) in [6.45, 7) is 3.74. The van der Waals surface area contributed by atoms with E-state index in [1.807, 2.05) is 5.01 Å². The number of nitrogens with one attached hydrogen (secondary N) is 2.